The van der Waals surface area contributed by atoms with Gasteiger partial charge in [0.2, 0.25) is 5.88 Å². The zero-order chi connectivity index (χ0) is 14.0. The van der Waals surface area contributed by atoms with Crippen LogP contribution in [0.25, 0.3) is 0 Å². The number of ether oxygens (including phenoxy) is 1. The summed E-state index contributed by atoms with van der Waals surface area (Å²) in [4.78, 5) is 7.79. The van der Waals surface area contributed by atoms with E-state index in [-0.39, 0.29) is 11.1 Å². The van der Waals surface area contributed by atoms with Gasteiger partial charge in [0.1, 0.15) is 0 Å². The second-order valence-electron chi connectivity index (χ2n) is 4.46. The molecule has 7 nitrogen and oxygen atoms in total. The van der Waals surface area contributed by atoms with E-state index in [1.807, 2.05) is 0 Å². The Kier molecular flexibility index (Phi) is 4.24. The highest BCUT2D eigenvalue weighted by molar-refractivity contribution is 7.86. The molecule has 0 atom stereocenters. The van der Waals surface area contributed by atoms with Crippen LogP contribution in [0.4, 0.5) is 0 Å². The predicted octanol–water partition coefficient (Wildman–Crippen LogP) is 0.247. The number of rotatable bonds is 5. The van der Waals surface area contributed by atoms with E-state index in [1.165, 1.54) is 35.1 Å². The monoisotopic (exact) mass is 306 g/mol. The average Bonchev–Trinajstić information content (AvgIpc) is 2.26. The van der Waals surface area contributed by atoms with E-state index >= 15 is 0 Å². The second-order valence-corrected chi connectivity index (χ2v) is 6.99. The van der Waals surface area contributed by atoms with Crippen LogP contribution in [0.15, 0.2) is 12.4 Å². The first kappa shape index (κ1) is 14.4. The fourth-order valence-corrected chi connectivity index (χ4v) is 3.05. The third-order valence-electron chi connectivity index (χ3n) is 2.76. The normalized spacial score (nSPS) is 17.5. The Morgan fingerprint density at radius 2 is 2.16 bits per heavy atom. The Morgan fingerprint density at radius 3 is 2.74 bits per heavy atom. The predicted molar refractivity (Wildman–Crippen MR) is 70.2 cm³/mol. The van der Waals surface area contributed by atoms with Crippen molar-refractivity contribution in [2.45, 2.75) is 0 Å². The summed E-state index contributed by atoms with van der Waals surface area (Å²) < 4.78 is 31.5. The molecule has 1 aromatic rings. The molecule has 1 fully saturated rings. The van der Waals surface area contributed by atoms with Crippen LogP contribution in [-0.4, -0.2) is 60.8 Å². The molecule has 0 spiro atoms. The van der Waals surface area contributed by atoms with Crippen LogP contribution in [0.3, 0.4) is 0 Å². The summed E-state index contributed by atoms with van der Waals surface area (Å²) in [5, 5.41) is 0.267. The van der Waals surface area contributed by atoms with Gasteiger partial charge in [-0.15, -0.1) is 0 Å². The first-order chi connectivity index (χ1) is 8.89. The highest BCUT2D eigenvalue weighted by atomic mass is 35.5. The molecule has 0 unspecified atom stereocenters. The van der Waals surface area contributed by atoms with Crippen molar-refractivity contribution in [3.63, 3.8) is 0 Å². The molecule has 1 aliphatic rings. The Morgan fingerprint density at radius 1 is 1.47 bits per heavy atom. The quantitative estimate of drug-likeness (QED) is 0.779. The van der Waals surface area contributed by atoms with E-state index in [1.54, 1.807) is 0 Å². The topological polar surface area (TPSA) is 75.6 Å². The Bertz CT molecular complexity index is 545. The Balaban J connectivity index is 1.80. The molecule has 0 saturated carbocycles. The van der Waals surface area contributed by atoms with Gasteiger partial charge in [-0.2, -0.15) is 22.0 Å². The SMILES string of the molecule is CN(C)S(=O)(=O)N1CC(COc2cncc(Cl)n2)C1. The maximum absolute atomic E-state index is 11.7. The molecule has 106 valence electrons. The molecule has 1 aliphatic heterocycles. The van der Waals surface area contributed by atoms with Gasteiger partial charge in [0.15, 0.2) is 5.15 Å². The van der Waals surface area contributed by atoms with E-state index in [0.717, 1.165) is 0 Å². The summed E-state index contributed by atoms with van der Waals surface area (Å²) in [6, 6.07) is 0. The molecule has 0 bridgehead atoms. The van der Waals surface area contributed by atoms with Gasteiger partial charge in [-0.3, -0.25) is 4.98 Å². The maximum Gasteiger partial charge on any atom is 0.281 e. The van der Waals surface area contributed by atoms with Gasteiger partial charge in [0.25, 0.3) is 10.2 Å². The van der Waals surface area contributed by atoms with Gasteiger partial charge in [0.05, 0.1) is 19.0 Å². The summed E-state index contributed by atoms with van der Waals surface area (Å²) in [6.07, 6.45) is 2.89. The molecular formula is C10H15ClN4O3S. The van der Waals surface area contributed by atoms with Crippen LogP contribution in [0.1, 0.15) is 0 Å². The standard InChI is InChI=1S/C10H15ClN4O3S/c1-14(2)19(16,17)15-5-8(6-15)7-18-10-4-12-3-9(11)13-10/h3-4,8H,5-7H2,1-2H3. The maximum atomic E-state index is 11.7. The molecule has 0 radical (unpaired) electrons. The third kappa shape index (κ3) is 3.33. The van der Waals surface area contributed by atoms with E-state index in [9.17, 15) is 8.42 Å². The fraction of sp³-hybridized carbons (Fsp3) is 0.600. The summed E-state index contributed by atoms with van der Waals surface area (Å²) in [5.41, 5.74) is 0. The van der Waals surface area contributed by atoms with Crippen molar-refractivity contribution < 1.29 is 13.2 Å². The van der Waals surface area contributed by atoms with E-state index in [0.29, 0.717) is 25.6 Å². The molecule has 0 amide bonds. The Hall–Kier alpha value is -0.960. The molecule has 1 aromatic heterocycles. The summed E-state index contributed by atoms with van der Waals surface area (Å²) in [5.74, 6) is 0.511. The molecule has 1 saturated heterocycles. The highest BCUT2D eigenvalue weighted by Crippen LogP contribution is 2.21. The largest absolute Gasteiger partial charge is 0.476 e. The number of hydrogen-bond acceptors (Lipinski definition) is 5. The first-order valence-corrected chi connectivity index (χ1v) is 7.45. The summed E-state index contributed by atoms with van der Waals surface area (Å²) in [7, 11) is -0.272. The fourth-order valence-electron chi connectivity index (χ4n) is 1.65. The van der Waals surface area contributed by atoms with Crippen LogP contribution >= 0.6 is 11.6 Å². The molecule has 2 rings (SSSR count). The molecule has 0 aromatic carbocycles. The van der Waals surface area contributed by atoms with Gasteiger partial charge < -0.3 is 4.74 Å². The van der Waals surface area contributed by atoms with Gasteiger partial charge in [-0.1, -0.05) is 11.6 Å². The lowest BCUT2D eigenvalue weighted by atomic mass is 10.1. The van der Waals surface area contributed by atoms with Gasteiger partial charge in [-0.25, -0.2) is 0 Å². The lowest BCUT2D eigenvalue weighted by Crippen LogP contribution is -2.55. The second kappa shape index (κ2) is 5.58. The summed E-state index contributed by atoms with van der Waals surface area (Å²) in [6.45, 7) is 1.30. The van der Waals surface area contributed by atoms with E-state index in [4.69, 9.17) is 16.3 Å². The molecule has 2 heterocycles. The Labute approximate surface area is 117 Å². The van der Waals surface area contributed by atoms with Crippen molar-refractivity contribution in [3.8, 4) is 5.88 Å². The molecule has 19 heavy (non-hydrogen) atoms. The number of halogens is 1. The molecule has 0 N–H and O–H groups in total. The number of aromatic nitrogens is 2. The third-order valence-corrected chi connectivity index (χ3v) is 4.82. The van der Waals surface area contributed by atoms with Crippen molar-refractivity contribution >= 4 is 21.8 Å². The molecule has 0 aliphatic carbocycles. The zero-order valence-electron chi connectivity index (χ0n) is 10.7. The summed E-state index contributed by atoms with van der Waals surface area (Å²) >= 11 is 5.68. The lowest BCUT2D eigenvalue weighted by molar-refractivity contribution is 0.122. The van der Waals surface area contributed by atoms with Crippen LogP contribution in [0, 0.1) is 5.92 Å². The number of nitrogens with zero attached hydrogens (tertiary/aromatic N) is 4. The highest BCUT2D eigenvalue weighted by Gasteiger charge is 2.37. The van der Waals surface area contributed by atoms with Crippen molar-refractivity contribution in [1.29, 1.82) is 0 Å². The van der Waals surface area contributed by atoms with E-state index in [2.05, 4.69) is 9.97 Å². The smallest absolute Gasteiger partial charge is 0.281 e. The lowest BCUT2D eigenvalue weighted by Gasteiger charge is -2.38. The number of hydrogen-bond donors (Lipinski definition) is 0. The van der Waals surface area contributed by atoms with Gasteiger partial charge in [0, 0.05) is 33.1 Å². The van der Waals surface area contributed by atoms with Gasteiger partial charge >= 0.3 is 0 Å². The van der Waals surface area contributed by atoms with Crippen molar-refractivity contribution in [1.82, 2.24) is 18.6 Å². The van der Waals surface area contributed by atoms with Crippen LogP contribution in [-0.2, 0) is 10.2 Å². The average molecular weight is 307 g/mol. The van der Waals surface area contributed by atoms with E-state index < -0.39 is 10.2 Å². The van der Waals surface area contributed by atoms with Crippen LogP contribution in [0.5, 0.6) is 5.88 Å². The van der Waals surface area contributed by atoms with Crippen molar-refractivity contribution in [3.05, 3.63) is 17.5 Å². The first-order valence-electron chi connectivity index (χ1n) is 5.67. The van der Waals surface area contributed by atoms with Crippen LogP contribution in [0.2, 0.25) is 5.15 Å². The van der Waals surface area contributed by atoms with Gasteiger partial charge in [-0.05, 0) is 0 Å². The molecule has 9 heteroatoms. The minimum Gasteiger partial charge on any atom is -0.476 e. The minimum absolute atomic E-state index is 0.163. The van der Waals surface area contributed by atoms with Crippen molar-refractivity contribution in [2.75, 3.05) is 33.8 Å². The zero-order valence-corrected chi connectivity index (χ0v) is 12.2. The minimum atomic E-state index is -3.30. The van der Waals surface area contributed by atoms with Crippen LogP contribution < -0.4 is 4.74 Å². The molecular weight excluding hydrogens is 292 g/mol. The van der Waals surface area contributed by atoms with Crippen molar-refractivity contribution in [2.24, 2.45) is 5.92 Å².